The van der Waals surface area contributed by atoms with Crippen molar-refractivity contribution in [2.45, 2.75) is 39.8 Å². The van der Waals surface area contributed by atoms with Crippen molar-refractivity contribution in [3.63, 3.8) is 0 Å². The van der Waals surface area contributed by atoms with Gasteiger partial charge in [0.25, 0.3) is 5.56 Å². The smallest absolute Gasteiger partial charge is 0.261 e. The predicted octanol–water partition coefficient (Wildman–Crippen LogP) is 2.48. The molecular weight excluding hydrogens is 238 g/mol. The molecule has 1 aromatic carbocycles. The van der Waals surface area contributed by atoms with Gasteiger partial charge in [-0.1, -0.05) is 19.1 Å². The highest BCUT2D eigenvalue weighted by molar-refractivity contribution is 5.77. The molecule has 0 saturated carbocycles. The highest BCUT2D eigenvalue weighted by Crippen LogP contribution is 2.13. The first kappa shape index (κ1) is 13.7. The second-order valence-corrected chi connectivity index (χ2v) is 4.71. The maximum absolute atomic E-state index is 12.5. The fraction of sp³-hybridized carbons (Fsp3) is 0.467. The van der Waals surface area contributed by atoms with E-state index in [0.717, 1.165) is 24.3 Å². The van der Waals surface area contributed by atoms with E-state index in [-0.39, 0.29) is 11.6 Å². The van der Waals surface area contributed by atoms with Crippen LogP contribution in [0.25, 0.3) is 10.9 Å². The van der Waals surface area contributed by atoms with Crippen LogP contribution in [-0.2, 0) is 6.54 Å². The lowest BCUT2D eigenvalue weighted by Gasteiger charge is -2.18. The highest BCUT2D eigenvalue weighted by atomic mass is 16.1. The van der Waals surface area contributed by atoms with Crippen molar-refractivity contribution in [1.29, 1.82) is 0 Å². The van der Waals surface area contributed by atoms with Crippen LogP contribution in [-0.4, -0.2) is 16.1 Å². The zero-order valence-corrected chi connectivity index (χ0v) is 11.8. The van der Waals surface area contributed by atoms with Crippen LogP contribution >= 0.6 is 0 Å². The first-order chi connectivity index (χ1) is 9.19. The third-order valence-electron chi connectivity index (χ3n) is 3.30. The van der Waals surface area contributed by atoms with Crippen LogP contribution in [0.4, 0.5) is 0 Å². The summed E-state index contributed by atoms with van der Waals surface area (Å²) >= 11 is 0. The minimum absolute atomic E-state index is 0.0493. The van der Waals surface area contributed by atoms with Gasteiger partial charge < -0.3 is 5.32 Å². The quantitative estimate of drug-likeness (QED) is 0.897. The number of hydrogen-bond acceptors (Lipinski definition) is 3. The zero-order valence-electron chi connectivity index (χ0n) is 11.8. The number of rotatable bonds is 5. The van der Waals surface area contributed by atoms with Crippen molar-refractivity contribution in [2.75, 3.05) is 6.54 Å². The molecule has 1 atom stereocenters. The lowest BCUT2D eigenvalue weighted by molar-refractivity contribution is 0.504. The predicted molar refractivity (Wildman–Crippen MR) is 78.4 cm³/mol. The van der Waals surface area contributed by atoms with Crippen molar-refractivity contribution in [3.8, 4) is 0 Å². The lowest BCUT2D eigenvalue weighted by Crippen LogP contribution is -2.31. The Morgan fingerprint density at radius 1 is 1.32 bits per heavy atom. The van der Waals surface area contributed by atoms with Crippen molar-refractivity contribution >= 4 is 10.9 Å². The molecule has 0 aliphatic heterocycles. The van der Waals surface area contributed by atoms with Gasteiger partial charge in [0.05, 0.1) is 16.9 Å². The molecule has 4 nitrogen and oxygen atoms in total. The first-order valence-electron chi connectivity index (χ1n) is 6.91. The summed E-state index contributed by atoms with van der Waals surface area (Å²) in [5, 5.41) is 4.08. The molecule has 1 aromatic heterocycles. The summed E-state index contributed by atoms with van der Waals surface area (Å²) in [4.78, 5) is 17.1. The number of nitrogens with one attached hydrogen (secondary N) is 1. The maximum atomic E-state index is 12.5. The largest absolute Gasteiger partial charge is 0.308 e. The second kappa shape index (κ2) is 5.97. The molecule has 0 bridgehead atoms. The van der Waals surface area contributed by atoms with Crippen molar-refractivity contribution in [1.82, 2.24) is 14.9 Å². The monoisotopic (exact) mass is 259 g/mol. The van der Waals surface area contributed by atoms with Gasteiger partial charge in [-0.15, -0.1) is 0 Å². The van der Waals surface area contributed by atoms with E-state index in [1.165, 1.54) is 0 Å². The number of aromatic nitrogens is 2. The van der Waals surface area contributed by atoms with Crippen LogP contribution < -0.4 is 10.9 Å². The summed E-state index contributed by atoms with van der Waals surface area (Å²) in [7, 11) is 0. The van der Waals surface area contributed by atoms with E-state index in [1.54, 1.807) is 4.57 Å². The van der Waals surface area contributed by atoms with Gasteiger partial charge in [-0.25, -0.2) is 4.98 Å². The third-order valence-corrected chi connectivity index (χ3v) is 3.30. The molecule has 0 amide bonds. The van der Waals surface area contributed by atoms with E-state index >= 15 is 0 Å². The summed E-state index contributed by atoms with van der Waals surface area (Å²) < 4.78 is 1.76. The van der Waals surface area contributed by atoms with E-state index in [0.29, 0.717) is 11.9 Å². The van der Waals surface area contributed by atoms with Crippen LogP contribution in [0.15, 0.2) is 29.1 Å². The van der Waals surface area contributed by atoms with Crippen molar-refractivity contribution < 1.29 is 0 Å². The Kier molecular flexibility index (Phi) is 4.32. The van der Waals surface area contributed by atoms with E-state index in [1.807, 2.05) is 31.2 Å². The van der Waals surface area contributed by atoms with Gasteiger partial charge in [-0.05, 0) is 38.9 Å². The molecule has 0 spiro atoms. The van der Waals surface area contributed by atoms with Gasteiger partial charge in [0.1, 0.15) is 5.82 Å². The molecule has 0 aliphatic rings. The molecule has 19 heavy (non-hydrogen) atoms. The molecule has 0 fully saturated rings. The SMILES string of the molecule is CCCN[C@@H](C)c1nc2ccccc2c(=O)n1CC. The average Bonchev–Trinajstić information content (AvgIpc) is 2.44. The average molecular weight is 259 g/mol. The first-order valence-corrected chi connectivity index (χ1v) is 6.91. The molecule has 4 heteroatoms. The van der Waals surface area contributed by atoms with E-state index in [2.05, 4.69) is 24.1 Å². The van der Waals surface area contributed by atoms with Crippen LogP contribution in [0.5, 0.6) is 0 Å². The second-order valence-electron chi connectivity index (χ2n) is 4.71. The van der Waals surface area contributed by atoms with Gasteiger partial charge in [0, 0.05) is 6.54 Å². The molecule has 2 rings (SSSR count). The number of benzene rings is 1. The lowest BCUT2D eigenvalue weighted by atomic mass is 10.2. The normalized spacial score (nSPS) is 12.8. The van der Waals surface area contributed by atoms with Gasteiger partial charge in [0.15, 0.2) is 0 Å². The molecule has 0 saturated heterocycles. The Labute approximate surface area is 113 Å². The van der Waals surface area contributed by atoms with Crippen LogP contribution in [0.1, 0.15) is 39.1 Å². The third kappa shape index (κ3) is 2.68. The number of hydrogen-bond donors (Lipinski definition) is 1. The van der Waals surface area contributed by atoms with Gasteiger partial charge in [0.2, 0.25) is 0 Å². The van der Waals surface area contributed by atoms with Crippen LogP contribution in [0, 0.1) is 0 Å². The van der Waals surface area contributed by atoms with E-state index in [9.17, 15) is 4.79 Å². The summed E-state index contributed by atoms with van der Waals surface area (Å²) in [6.45, 7) is 7.73. The Bertz CT molecular complexity index is 618. The van der Waals surface area contributed by atoms with Crippen LogP contribution in [0.3, 0.4) is 0 Å². The topological polar surface area (TPSA) is 46.9 Å². The minimum Gasteiger partial charge on any atom is -0.308 e. The molecule has 2 aromatic rings. The van der Waals surface area contributed by atoms with Crippen molar-refractivity contribution in [3.05, 3.63) is 40.4 Å². The molecule has 102 valence electrons. The summed E-state index contributed by atoms with van der Waals surface area (Å²) in [6, 6.07) is 7.61. The van der Waals surface area contributed by atoms with Crippen LogP contribution in [0.2, 0.25) is 0 Å². The Hall–Kier alpha value is -1.68. The van der Waals surface area contributed by atoms with Gasteiger partial charge in [-0.3, -0.25) is 9.36 Å². The zero-order chi connectivity index (χ0) is 13.8. The minimum atomic E-state index is 0.0493. The maximum Gasteiger partial charge on any atom is 0.261 e. The molecule has 0 radical (unpaired) electrons. The van der Waals surface area contributed by atoms with Gasteiger partial charge in [-0.2, -0.15) is 0 Å². The van der Waals surface area contributed by atoms with E-state index in [4.69, 9.17) is 0 Å². The summed E-state index contributed by atoms with van der Waals surface area (Å²) in [6.07, 6.45) is 1.06. The van der Waals surface area contributed by atoms with E-state index < -0.39 is 0 Å². The number of para-hydroxylation sites is 1. The molecule has 1 heterocycles. The summed E-state index contributed by atoms with van der Waals surface area (Å²) in [5.41, 5.74) is 0.825. The molecular formula is C15H21N3O. The molecule has 0 aliphatic carbocycles. The number of fused-ring (bicyclic) bond motifs is 1. The fourth-order valence-corrected chi connectivity index (χ4v) is 2.27. The standard InChI is InChI=1S/C15H21N3O/c1-4-10-16-11(3)14-17-13-9-7-6-8-12(13)15(19)18(14)5-2/h6-9,11,16H,4-5,10H2,1-3H3/t11-/m0/s1. The summed E-state index contributed by atoms with van der Waals surface area (Å²) in [5.74, 6) is 0.819. The number of nitrogens with zero attached hydrogens (tertiary/aromatic N) is 2. The Morgan fingerprint density at radius 3 is 2.74 bits per heavy atom. The Balaban J connectivity index is 2.56. The Morgan fingerprint density at radius 2 is 2.05 bits per heavy atom. The fourth-order valence-electron chi connectivity index (χ4n) is 2.27. The molecule has 1 N–H and O–H groups in total. The van der Waals surface area contributed by atoms with Crippen molar-refractivity contribution in [2.24, 2.45) is 0 Å². The molecule has 0 unspecified atom stereocenters. The van der Waals surface area contributed by atoms with Gasteiger partial charge >= 0.3 is 0 Å². The highest BCUT2D eigenvalue weighted by Gasteiger charge is 2.14.